The van der Waals surface area contributed by atoms with Crippen LogP contribution in [0.5, 0.6) is 0 Å². The van der Waals surface area contributed by atoms with Crippen molar-refractivity contribution in [1.82, 2.24) is 10.6 Å². The van der Waals surface area contributed by atoms with Crippen LogP contribution in [0.4, 0.5) is 0 Å². The molecule has 3 rings (SSSR count). The SMILES string of the molecule is CC1(NC(=O)c2cccc3ccccc23)CCNC1. The summed E-state index contributed by atoms with van der Waals surface area (Å²) in [6.07, 6.45) is 0.976. The van der Waals surface area contributed by atoms with Crippen molar-refractivity contribution in [2.24, 2.45) is 0 Å². The van der Waals surface area contributed by atoms with Gasteiger partial charge in [0.05, 0.1) is 5.54 Å². The fourth-order valence-corrected chi connectivity index (χ4v) is 2.69. The largest absolute Gasteiger partial charge is 0.346 e. The molecule has 98 valence electrons. The first kappa shape index (κ1) is 12.2. The molecule has 1 heterocycles. The van der Waals surface area contributed by atoms with Gasteiger partial charge in [-0.2, -0.15) is 0 Å². The van der Waals surface area contributed by atoms with E-state index in [1.165, 1.54) is 0 Å². The molecule has 2 aromatic carbocycles. The molecule has 0 spiro atoms. The van der Waals surface area contributed by atoms with Crippen molar-refractivity contribution in [3.8, 4) is 0 Å². The van der Waals surface area contributed by atoms with E-state index in [0.717, 1.165) is 35.8 Å². The third-order valence-electron chi connectivity index (χ3n) is 3.82. The lowest BCUT2D eigenvalue weighted by Gasteiger charge is -2.24. The van der Waals surface area contributed by atoms with Crippen LogP contribution in [0.2, 0.25) is 0 Å². The van der Waals surface area contributed by atoms with Gasteiger partial charge in [0.2, 0.25) is 0 Å². The highest BCUT2D eigenvalue weighted by Crippen LogP contribution is 2.20. The molecular weight excluding hydrogens is 236 g/mol. The summed E-state index contributed by atoms with van der Waals surface area (Å²) in [6.45, 7) is 3.89. The molecule has 3 heteroatoms. The average molecular weight is 254 g/mol. The molecule has 0 saturated carbocycles. The number of hydrogen-bond acceptors (Lipinski definition) is 2. The molecule has 1 fully saturated rings. The molecule has 0 radical (unpaired) electrons. The Morgan fingerprint density at radius 3 is 2.79 bits per heavy atom. The van der Waals surface area contributed by atoms with Gasteiger partial charge in [-0.05, 0) is 36.7 Å². The van der Waals surface area contributed by atoms with Gasteiger partial charge in [-0.15, -0.1) is 0 Å². The maximum atomic E-state index is 12.5. The van der Waals surface area contributed by atoms with Gasteiger partial charge in [0.15, 0.2) is 0 Å². The zero-order valence-corrected chi connectivity index (χ0v) is 11.1. The summed E-state index contributed by atoms with van der Waals surface area (Å²) in [5.74, 6) is 0.0167. The van der Waals surface area contributed by atoms with Crippen LogP contribution in [-0.4, -0.2) is 24.5 Å². The Hall–Kier alpha value is -1.87. The lowest BCUT2D eigenvalue weighted by Crippen LogP contribution is -2.47. The quantitative estimate of drug-likeness (QED) is 0.863. The summed E-state index contributed by atoms with van der Waals surface area (Å²) in [6, 6.07) is 13.9. The first-order chi connectivity index (χ1) is 9.18. The lowest BCUT2D eigenvalue weighted by atomic mass is 9.99. The first-order valence-corrected chi connectivity index (χ1v) is 6.69. The van der Waals surface area contributed by atoms with E-state index < -0.39 is 0 Å². The van der Waals surface area contributed by atoms with E-state index in [0.29, 0.717) is 0 Å². The van der Waals surface area contributed by atoms with Gasteiger partial charge < -0.3 is 10.6 Å². The number of carbonyl (C=O) groups excluding carboxylic acids is 1. The normalized spacial score (nSPS) is 22.6. The summed E-state index contributed by atoms with van der Waals surface area (Å²) >= 11 is 0. The summed E-state index contributed by atoms with van der Waals surface area (Å²) in [7, 11) is 0. The number of hydrogen-bond donors (Lipinski definition) is 2. The van der Waals surface area contributed by atoms with Gasteiger partial charge in [-0.3, -0.25) is 4.79 Å². The first-order valence-electron chi connectivity index (χ1n) is 6.69. The van der Waals surface area contributed by atoms with Crippen LogP contribution in [0.1, 0.15) is 23.7 Å². The van der Waals surface area contributed by atoms with Gasteiger partial charge >= 0.3 is 0 Å². The molecule has 0 bridgehead atoms. The Balaban J connectivity index is 1.93. The minimum atomic E-state index is -0.131. The van der Waals surface area contributed by atoms with E-state index in [1.807, 2.05) is 42.5 Å². The van der Waals surface area contributed by atoms with Crippen molar-refractivity contribution < 1.29 is 4.79 Å². The van der Waals surface area contributed by atoms with Gasteiger partial charge in [0, 0.05) is 12.1 Å². The van der Waals surface area contributed by atoms with Crippen LogP contribution in [0, 0.1) is 0 Å². The highest BCUT2D eigenvalue weighted by Gasteiger charge is 2.30. The van der Waals surface area contributed by atoms with Crippen molar-refractivity contribution >= 4 is 16.7 Å². The Bertz CT molecular complexity index is 610. The van der Waals surface area contributed by atoms with Crippen LogP contribution < -0.4 is 10.6 Å². The average Bonchev–Trinajstić information content (AvgIpc) is 2.84. The smallest absolute Gasteiger partial charge is 0.252 e. The molecular formula is C16H18N2O. The molecule has 1 aliphatic heterocycles. The Morgan fingerprint density at radius 1 is 1.21 bits per heavy atom. The molecule has 3 nitrogen and oxygen atoms in total. The molecule has 1 amide bonds. The molecule has 2 N–H and O–H groups in total. The molecule has 19 heavy (non-hydrogen) atoms. The minimum Gasteiger partial charge on any atom is -0.346 e. The van der Waals surface area contributed by atoms with Crippen molar-refractivity contribution in [3.05, 3.63) is 48.0 Å². The number of rotatable bonds is 2. The van der Waals surface area contributed by atoms with Crippen LogP contribution >= 0.6 is 0 Å². The van der Waals surface area contributed by atoms with Gasteiger partial charge in [0.25, 0.3) is 5.91 Å². The minimum absolute atomic E-state index is 0.0167. The number of nitrogens with one attached hydrogen (secondary N) is 2. The maximum absolute atomic E-state index is 12.5. The second-order valence-electron chi connectivity index (χ2n) is 5.47. The standard InChI is InChI=1S/C16H18N2O/c1-16(9-10-17-11-16)18-15(19)14-8-4-6-12-5-2-3-7-13(12)14/h2-8,17H,9-11H2,1H3,(H,18,19). The van der Waals surface area contributed by atoms with Crippen LogP contribution in [0.3, 0.4) is 0 Å². The van der Waals surface area contributed by atoms with Crippen molar-refractivity contribution in [1.29, 1.82) is 0 Å². The summed E-state index contributed by atoms with van der Waals surface area (Å²) in [4.78, 5) is 12.5. The summed E-state index contributed by atoms with van der Waals surface area (Å²) in [5.41, 5.74) is 0.625. The molecule has 1 unspecified atom stereocenters. The van der Waals surface area contributed by atoms with Crippen molar-refractivity contribution in [3.63, 3.8) is 0 Å². The highest BCUT2D eigenvalue weighted by molar-refractivity contribution is 6.07. The zero-order valence-electron chi connectivity index (χ0n) is 11.1. The molecule has 0 aromatic heterocycles. The van der Waals surface area contributed by atoms with Crippen LogP contribution in [-0.2, 0) is 0 Å². The van der Waals surface area contributed by atoms with Gasteiger partial charge in [-0.1, -0.05) is 36.4 Å². The van der Waals surface area contributed by atoms with E-state index in [9.17, 15) is 4.79 Å². The number of amides is 1. The van der Waals surface area contributed by atoms with Crippen molar-refractivity contribution in [2.45, 2.75) is 18.9 Å². The van der Waals surface area contributed by atoms with Gasteiger partial charge in [-0.25, -0.2) is 0 Å². The number of carbonyl (C=O) groups is 1. The Kier molecular flexibility index (Phi) is 2.99. The lowest BCUT2D eigenvalue weighted by molar-refractivity contribution is 0.0915. The molecule has 1 saturated heterocycles. The van der Waals surface area contributed by atoms with E-state index in [4.69, 9.17) is 0 Å². The second-order valence-corrected chi connectivity index (χ2v) is 5.47. The van der Waals surface area contributed by atoms with Crippen LogP contribution in [0.25, 0.3) is 10.8 Å². The molecule has 1 aliphatic rings. The summed E-state index contributed by atoms with van der Waals surface area (Å²) < 4.78 is 0. The molecule has 1 atom stereocenters. The van der Waals surface area contributed by atoms with E-state index in [2.05, 4.69) is 17.6 Å². The van der Waals surface area contributed by atoms with E-state index in [1.54, 1.807) is 0 Å². The van der Waals surface area contributed by atoms with E-state index >= 15 is 0 Å². The Labute approximate surface area is 113 Å². The molecule has 2 aromatic rings. The topological polar surface area (TPSA) is 41.1 Å². The maximum Gasteiger partial charge on any atom is 0.252 e. The zero-order chi connectivity index (χ0) is 13.3. The van der Waals surface area contributed by atoms with E-state index in [-0.39, 0.29) is 11.4 Å². The second kappa shape index (κ2) is 4.67. The van der Waals surface area contributed by atoms with Crippen LogP contribution in [0.15, 0.2) is 42.5 Å². The monoisotopic (exact) mass is 254 g/mol. The third-order valence-corrected chi connectivity index (χ3v) is 3.82. The fourth-order valence-electron chi connectivity index (χ4n) is 2.69. The number of benzene rings is 2. The molecule has 0 aliphatic carbocycles. The van der Waals surface area contributed by atoms with Crippen molar-refractivity contribution in [2.75, 3.05) is 13.1 Å². The third kappa shape index (κ3) is 2.34. The fraction of sp³-hybridized carbons (Fsp3) is 0.312. The van der Waals surface area contributed by atoms with Gasteiger partial charge in [0.1, 0.15) is 0 Å². The summed E-state index contributed by atoms with van der Waals surface area (Å²) in [5, 5.41) is 8.57. The Morgan fingerprint density at radius 2 is 2.00 bits per heavy atom. The predicted molar refractivity (Wildman–Crippen MR) is 77.3 cm³/mol. The highest BCUT2D eigenvalue weighted by atomic mass is 16.1. The predicted octanol–water partition coefficient (Wildman–Crippen LogP) is 2.32. The number of fused-ring (bicyclic) bond motifs is 1.